The quantitative estimate of drug-likeness (QED) is 0.452. The van der Waals surface area contributed by atoms with Gasteiger partial charge in [-0.1, -0.05) is 24.3 Å². The van der Waals surface area contributed by atoms with Crippen molar-refractivity contribution in [3.05, 3.63) is 58.9 Å². The summed E-state index contributed by atoms with van der Waals surface area (Å²) in [4.78, 5) is 12.9. The molecule has 0 spiro atoms. The first-order valence-corrected chi connectivity index (χ1v) is 7.31. The summed E-state index contributed by atoms with van der Waals surface area (Å²) >= 11 is 0. The van der Waals surface area contributed by atoms with Gasteiger partial charge in [-0.25, -0.2) is 13.9 Å². The second kappa shape index (κ2) is 3.73. The van der Waals surface area contributed by atoms with E-state index in [1.165, 1.54) is 0 Å². The molecule has 0 unspecified atom stereocenters. The van der Waals surface area contributed by atoms with Crippen LogP contribution in [0.25, 0.3) is 27.7 Å². The largest absolute Gasteiger partial charge is 0.373 e. The smallest absolute Gasteiger partial charge is 0.250 e. The van der Waals surface area contributed by atoms with Crippen LogP contribution < -0.4 is 10.1 Å². The highest BCUT2D eigenvalue weighted by molar-refractivity contribution is 5.83. The van der Waals surface area contributed by atoms with Gasteiger partial charge < -0.3 is 0 Å². The van der Waals surface area contributed by atoms with Crippen molar-refractivity contribution < 1.29 is 4.57 Å². The molecular weight excluding hydrogens is 262 g/mol. The molecular formula is C17H14N3O+. The third kappa shape index (κ3) is 1.25. The molecule has 21 heavy (non-hydrogen) atoms. The molecule has 102 valence electrons. The maximum atomic E-state index is 12.9. The first-order chi connectivity index (χ1) is 10.4. The van der Waals surface area contributed by atoms with Crippen molar-refractivity contribution in [1.82, 2.24) is 8.97 Å². The van der Waals surface area contributed by atoms with E-state index in [2.05, 4.69) is 15.2 Å². The Bertz CT molecular complexity index is 1090. The summed E-state index contributed by atoms with van der Waals surface area (Å²) in [7, 11) is 0. The highest BCUT2D eigenvalue weighted by Crippen LogP contribution is 2.21. The standard InChI is InChI=1S/C17H14N3O/c21-16-12-6-1-2-7-13(12)18-10-5-11-19-14-8-3-4-9-15(14)20(16)17(18)19/h1-4,6-9H,5,10-11H2/q+1. The summed E-state index contributed by atoms with van der Waals surface area (Å²) in [6, 6.07) is 16.1. The third-order valence-electron chi connectivity index (χ3n) is 4.49. The van der Waals surface area contributed by atoms with E-state index in [0.717, 1.165) is 47.2 Å². The van der Waals surface area contributed by atoms with Crippen LogP contribution in [0.15, 0.2) is 53.3 Å². The van der Waals surface area contributed by atoms with Crippen molar-refractivity contribution >= 4 is 27.7 Å². The van der Waals surface area contributed by atoms with Crippen LogP contribution in [-0.4, -0.2) is 8.97 Å². The zero-order valence-electron chi connectivity index (χ0n) is 11.5. The molecule has 0 radical (unpaired) electrons. The van der Waals surface area contributed by atoms with E-state index < -0.39 is 0 Å². The van der Waals surface area contributed by atoms with E-state index in [4.69, 9.17) is 0 Å². The summed E-state index contributed by atoms with van der Waals surface area (Å²) in [5.41, 5.74) is 3.25. The molecule has 1 aliphatic rings. The van der Waals surface area contributed by atoms with Crippen molar-refractivity contribution in [3.8, 4) is 0 Å². The fraction of sp³-hybridized carbons (Fsp3) is 0.176. The maximum absolute atomic E-state index is 12.9. The highest BCUT2D eigenvalue weighted by atomic mass is 16.1. The molecule has 0 bridgehead atoms. The molecule has 0 saturated carbocycles. The minimum absolute atomic E-state index is 0.0775. The average molecular weight is 276 g/mol. The Morgan fingerprint density at radius 3 is 2.62 bits per heavy atom. The van der Waals surface area contributed by atoms with Gasteiger partial charge in [0.1, 0.15) is 16.6 Å². The molecule has 0 aliphatic carbocycles. The van der Waals surface area contributed by atoms with E-state index in [-0.39, 0.29) is 5.56 Å². The fourth-order valence-electron chi connectivity index (χ4n) is 3.63. The first-order valence-electron chi connectivity index (χ1n) is 7.31. The molecule has 0 saturated heterocycles. The number of rotatable bonds is 0. The lowest BCUT2D eigenvalue weighted by Crippen LogP contribution is -2.44. The van der Waals surface area contributed by atoms with Crippen LogP contribution in [0, 0.1) is 0 Å². The molecule has 4 heteroatoms. The van der Waals surface area contributed by atoms with Gasteiger partial charge in [0.15, 0.2) is 0 Å². The molecule has 2 aromatic carbocycles. The predicted molar refractivity (Wildman–Crippen MR) is 81.5 cm³/mol. The number of fused-ring (bicyclic) bond motifs is 5. The van der Waals surface area contributed by atoms with Crippen LogP contribution in [0.4, 0.5) is 0 Å². The van der Waals surface area contributed by atoms with Crippen LogP contribution in [-0.2, 0) is 13.1 Å². The van der Waals surface area contributed by atoms with Crippen LogP contribution in [0.1, 0.15) is 6.42 Å². The van der Waals surface area contributed by atoms with Crippen LogP contribution >= 0.6 is 0 Å². The van der Waals surface area contributed by atoms with Gasteiger partial charge in [0, 0.05) is 6.42 Å². The number of nitrogens with zero attached hydrogens (tertiary/aromatic N) is 3. The first kappa shape index (κ1) is 11.1. The monoisotopic (exact) mass is 276 g/mol. The van der Waals surface area contributed by atoms with Crippen molar-refractivity contribution in [2.45, 2.75) is 19.5 Å². The van der Waals surface area contributed by atoms with Crippen LogP contribution in [0.2, 0.25) is 0 Å². The van der Waals surface area contributed by atoms with Gasteiger partial charge in [0.2, 0.25) is 0 Å². The Labute approximate surface area is 120 Å². The summed E-state index contributed by atoms with van der Waals surface area (Å²) in [6.07, 6.45) is 1.09. The van der Waals surface area contributed by atoms with Crippen LogP contribution in [0.3, 0.4) is 0 Å². The lowest BCUT2D eigenvalue weighted by molar-refractivity contribution is -0.656. The van der Waals surface area contributed by atoms with E-state index >= 15 is 0 Å². The minimum Gasteiger partial charge on any atom is -0.250 e. The molecule has 0 atom stereocenters. The second-order valence-electron chi connectivity index (χ2n) is 5.60. The molecule has 0 N–H and O–H groups in total. The van der Waals surface area contributed by atoms with E-state index in [9.17, 15) is 4.79 Å². The van der Waals surface area contributed by atoms with Gasteiger partial charge in [-0.3, -0.25) is 0 Å². The molecule has 0 fully saturated rings. The van der Waals surface area contributed by atoms with Gasteiger partial charge in [0.05, 0.1) is 18.5 Å². The fourth-order valence-corrected chi connectivity index (χ4v) is 3.63. The Hall–Kier alpha value is -2.62. The number of hydrogen-bond donors (Lipinski definition) is 0. The number of hydrogen-bond acceptors (Lipinski definition) is 1. The van der Waals surface area contributed by atoms with Crippen LogP contribution in [0.5, 0.6) is 0 Å². The normalized spacial score (nSPS) is 14.3. The van der Waals surface area contributed by atoms with Gasteiger partial charge in [-0.15, -0.1) is 0 Å². The SMILES string of the molecule is O=c1c2ccccc2[n+]2c3n(c4ccccc4n13)CCC2. The Morgan fingerprint density at radius 2 is 1.71 bits per heavy atom. The Morgan fingerprint density at radius 1 is 0.952 bits per heavy atom. The zero-order chi connectivity index (χ0) is 14.0. The summed E-state index contributed by atoms with van der Waals surface area (Å²) < 4.78 is 6.42. The topological polar surface area (TPSA) is 30.3 Å². The van der Waals surface area contributed by atoms with Gasteiger partial charge in [0.25, 0.3) is 0 Å². The molecule has 0 amide bonds. The molecule has 2 aromatic heterocycles. The lowest BCUT2D eigenvalue weighted by atomic mass is 10.2. The maximum Gasteiger partial charge on any atom is 0.373 e. The molecule has 3 heterocycles. The lowest BCUT2D eigenvalue weighted by Gasteiger charge is -2.13. The summed E-state index contributed by atoms with van der Waals surface area (Å²) in [6.45, 7) is 1.93. The third-order valence-corrected chi connectivity index (χ3v) is 4.49. The molecule has 4 nitrogen and oxygen atoms in total. The molecule has 1 aliphatic heterocycles. The number of imidazole rings is 1. The van der Waals surface area contributed by atoms with Gasteiger partial charge >= 0.3 is 11.3 Å². The molecule has 5 rings (SSSR count). The minimum atomic E-state index is 0.0775. The summed E-state index contributed by atoms with van der Waals surface area (Å²) in [5.74, 6) is 1.01. The van der Waals surface area contributed by atoms with Crippen molar-refractivity contribution in [3.63, 3.8) is 0 Å². The highest BCUT2D eigenvalue weighted by Gasteiger charge is 2.28. The van der Waals surface area contributed by atoms with E-state index in [1.54, 1.807) is 0 Å². The Kier molecular flexibility index (Phi) is 1.97. The number of aromatic nitrogens is 3. The second-order valence-corrected chi connectivity index (χ2v) is 5.60. The zero-order valence-corrected chi connectivity index (χ0v) is 11.5. The number of aryl methyl sites for hydroxylation is 2. The molecule has 4 aromatic rings. The van der Waals surface area contributed by atoms with E-state index in [1.807, 2.05) is 46.9 Å². The van der Waals surface area contributed by atoms with E-state index in [0.29, 0.717) is 0 Å². The number of benzene rings is 2. The van der Waals surface area contributed by atoms with Crippen molar-refractivity contribution in [2.24, 2.45) is 0 Å². The summed E-state index contributed by atoms with van der Waals surface area (Å²) in [5, 5.41) is 0.791. The van der Waals surface area contributed by atoms with Crippen molar-refractivity contribution in [2.75, 3.05) is 0 Å². The number of para-hydroxylation sites is 3. The van der Waals surface area contributed by atoms with Gasteiger partial charge in [-0.05, 0) is 24.3 Å². The van der Waals surface area contributed by atoms with Gasteiger partial charge in [-0.2, -0.15) is 4.40 Å². The predicted octanol–water partition coefficient (Wildman–Crippen LogP) is 2.10. The average Bonchev–Trinajstić information content (AvgIpc) is 2.89. The Balaban J connectivity index is 2.23. The van der Waals surface area contributed by atoms with Crippen molar-refractivity contribution in [1.29, 1.82) is 0 Å².